The minimum Gasteiger partial charge on any atom is -0.396 e. The number of hydrogen-bond donors (Lipinski definition) is 2. The second-order valence-corrected chi connectivity index (χ2v) is 9.25. The summed E-state index contributed by atoms with van der Waals surface area (Å²) in [6, 6.07) is -0.345. The molecule has 0 aromatic carbocycles. The Morgan fingerprint density at radius 3 is 2.03 bits per heavy atom. The van der Waals surface area contributed by atoms with Crippen LogP contribution in [0.1, 0.15) is 116 Å². The average molecular weight is 437 g/mol. The molecule has 0 aromatic rings. The fourth-order valence-electron chi connectivity index (χ4n) is 4.28. The van der Waals surface area contributed by atoms with E-state index in [0.29, 0.717) is 12.8 Å². The highest BCUT2D eigenvalue weighted by Gasteiger charge is 2.38. The Labute approximate surface area is 190 Å². The first-order valence-corrected chi connectivity index (χ1v) is 13.0. The summed E-state index contributed by atoms with van der Waals surface area (Å²) in [5.74, 6) is -0.478. The number of unbranched alkanes of at least 4 members (excludes halogenated alkanes) is 13. The van der Waals surface area contributed by atoms with E-state index < -0.39 is 0 Å². The summed E-state index contributed by atoms with van der Waals surface area (Å²) in [6.07, 6.45) is 24.3. The lowest BCUT2D eigenvalue weighted by atomic mass is 10.0. The van der Waals surface area contributed by atoms with Gasteiger partial charge in [0.15, 0.2) is 0 Å². The van der Waals surface area contributed by atoms with Crippen LogP contribution >= 0.6 is 0 Å². The molecule has 2 atom stereocenters. The summed E-state index contributed by atoms with van der Waals surface area (Å²) < 4.78 is 0. The second kappa shape index (κ2) is 18.4. The standard InChI is InChI=1S/C26H48N2O3/c1-2-3-4-5-6-7-8-9-10-11-12-13-14-15-16-17-18-23-21-25(30)28(26(23)31)22-24(27)19-20-29/h16-17,23-24,29H,2-15,18-22,27H2,1H3. The van der Waals surface area contributed by atoms with Gasteiger partial charge in [-0.15, -0.1) is 0 Å². The monoisotopic (exact) mass is 436 g/mol. The Kier molecular flexibility index (Phi) is 16.5. The molecule has 0 aromatic heterocycles. The van der Waals surface area contributed by atoms with Crippen LogP contribution in [-0.4, -0.2) is 41.0 Å². The first-order valence-electron chi connectivity index (χ1n) is 13.0. The molecule has 1 heterocycles. The summed E-state index contributed by atoms with van der Waals surface area (Å²) >= 11 is 0. The zero-order valence-electron chi connectivity index (χ0n) is 20.0. The summed E-state index contributed by atoms with van der Waals surface area (Å²) in [5.41, 5.74) is 5.85. The van der Waals surface area contributed by atoms with Crippen molar-refractivity contribution in [3.63, 3.8) is 0 Å². The Hall–Kier alpha value is -1.20. The first-order chi connectivity index (χ1) is 15.1. The molecule has 180 valence electrons. The minimum absolute atomic E-state index is 0.0251. The molecule has 1 aliphatic rings. The van der Waals surface area contributed by atoms with Crippen molar-refractivity contribution in [1.29, 1.82) is 0 Å². The molecule has 0 saturated carbocycles. The quantitative estimate of drug-likeness (QED) is 0.150. The molecule has 31 heavy (non-hydrogen) atoms. The van der Waals surface area contributed by atoms with Crippen molar-refractivity contribution in [2.45, 2.75) is 122 Å². The van der Waals surface area contributed by atoms with Crippen LogP contribution in [0.25, 0.3) is 0 Å². The van der Waals surface area contributed by atoms with Crippen molar-refractivity contribution in [2.75, 3.05) is 13.2 Å². The van der Waals surface area contributed by atoms with Gasteiger partial charge in [-0.25, -0.2) is 0 Å². The highest BCUT2D eigenvalue weighted by molar-refractivity contribution is 6.03. The first kappa shape index (κ1) is 27.8. The number of rotatable bonds is 20. The van der Waals surface area contributed by atoms with Crippen LogP contribution in [0.5, 0.6) is 0 Å². The highest BCUT2D eigenvalue weighted by atomic mass is 16.3. The van der Waals surface area contributed by atoms with Crippen molar-refractivity contribution in [3.05, 3.63) is 12.2 Å². The van der Waals surface area contributed by atoms with Gasteiger partial charge in [0.05, 0.1) is 5.92 Å². The van der Waals surface area contributed by atoms with Crippen molar-refractivity contribution >= 4 is 11.8 Å². The summed E-state index contributed by atoms with van der Waals surface area (Å²) in [5, 5.41) is 8.93. The molecule has 0 spiro atoms. The maximum absolute atomic E-state index is 12.4. The Bertz CT molecular complexity index is 507. The van der Waals surface area contributed by atoms with E-state index in [9.17, 15) is 9.59 Å². The largest absolute Gasteiger partial charge is 0.396 e. The lowest BCUT2D eigenvalue weighted by molar-refractivity contribution is -0.139. The zero-order chi connectivity index (χ0) is 22.7. The fourth-order valence-corrected chi connectivity index (χ4v) is 4.28. The molecule has 1 rings (SSSR count). The number of amides is 2. The molecule has 1 fully saturated rings. The lowest BCUT2D eigenvalue weighted by Gasteiger charge is -2.19. The minimum atomic E-state index is -0.345. The molecule has 0 radical (unpaired) electrons. The van der Waals surface area contributed by atoms with Gasteiger partial charge in [-0.3, -0.25) is 14.5 Å². The predicted octanol–water partition coefficient (Wildman–Crippen LogP) is 5.50. The molecule has 0 aliphatic carbocycles. The highest BCUT2D eigenvalue weighted by Crippen LogP contribution is 2.23. The van der Waals surface area contributed by atoms with E-state index >= 15 is 0 Å². The molecule has 5 nitrogen and oxygen atoms in total. The van der Waals surface area contributed by atoms with Crippen LogP contribution in [0.15, 0.2) is 12.2 Å². The number of likely N-dealkylation sites (tertiary alicyclic amines) is 1. The normalized spacial score (nSPS) is 17.9. The fraction of sp³-hybridized carbons (Fsp3) is 0.846. The summed E-state index contributed by atoms with van der Waals surface area (Å²) in [6.45, 7) is 2.46. The number of nitrogens with zero attached hydrogens (tertiary/aromatic N) is 1. The lowest BCUT2D eigenvalue weighted by Crippen LogP contribution is -2.41. The second-order valence-electron chi connectivity index (χ2n) is 9.25. The van der Waals surface area contributed by atoms with Crippen molar-refractivity contribution in [2.24, 2.45) is 11.7 Å². The molecular formula is C26H48N2O3. The third kappa shape index (κ3) is 13.1. The van der Waals surface area contributed by atoms with Gasteiger partial charge in [0.1, 0.15) is 0 Å². The maximum atomic E-state index is 12.4. The molecule has 2 amide bonds. The average Bonchev–Trinajstić information content (AvgIpc) is 3.01. The molecule has 0 bridgehead atoms. The third-order valence-corrected chi connectivity index (χ3v) is 6.32. The SMILES string of the molecule is CCCCCCCCCCCCCCCC=CCC1CC(=O)N(CC(N)CCO)C1=O. The Morgan fingerprint density at radius 2 is 1.48 bits per heavy atom. The number of hydrogen-bond acceptors (Lipinski definition) is 4. The number of imide groups is 1. The Balaban J connectivity index is 1.97. The number of aliphatic hydroxyl groups is 1. The topological polar surface area (TPSA) is 83.6 Å². The molecule has 5 heteroatoms. The smallest absolute Gasteiger partial charge is 0.233 e. The molecule has 3 N–H and O–H groups in total. The summed E-state index contributed by atoms with van der Waals surface area (Å²) in [7, 11) is 0. The summed E-state index contributed by atoms with van der Waals surface area (Å²) in [4.78, 5) is 25.8. The van der Waals surface area contributed by atoms with E-state index in [4.69, 9.17) is 10.8 Å². The third-order valence-electron chi connectivity index (χ3n) is 6.32. The van der Waals surface area contributed by atoms with Crippen molar-refractivity contribution in [3.8, 4) is 0 Å². The van der Waals surface area contributed by atoms with E-state index in [1.54, 1.807) is 0 Å². The molecular weight excluding hydrogens is 388 g/mol. The van der Waals surface area contributed by atoms with Crippen LogP contribution in [0.3, 0.4) is 0 Å². The van der Waals surface area contributed by atoms with Crippen molar-refractivity contribution < 1.29 is 14.7 Å². The number of carbonyl (C=O) groups is 2. The van der Waals surface area contributed by atoms with E-state index in [0.717, 1.165) is 6.42 Å². The molecule has 2 unspecified atom stereocenters. The van der Waals surface area contributed by atoms with Gasteiger partial charge < -0.3 is 10.8 Å². The number of carbonyl (C=O) groups excluding carboxylic acids is 2. The molecule has 1 saturated heterocycles. The van der Waals surface area contributed by atoms with Gasteiger partial charge in [-0.2, -0.15) is 0 Å². The zero-order valence-corrected chi connectivity index (χ0v) is 20.0. The van der Waals surface area contributed by atoms with Gasteiger partial charge in [-0.1, -0.05) is 96.1 Å². The Morgan fingerprint density at radius 1 is 0.935 bits per heavy atom. The van der Waals surface area contributed by atoms with Gasteiger partial charge in [0, 0.05) is 25.6 Å². The van der Waals surface area contributed by atoms with Gasteiger partial charge in [-0.05, 0) is 25.7 Å². The van der Waals surface area contributed by atoms with Crippen LogP contribution < -0.4 is 5.73 Å². The van der Waals surface area contributed by atoms with E-state index in [2.05, 4.69) is 19.1 Å². The van der Waals surface area contributed by atoms with Gasteiger partial charge in [0.25, 0.3) is 0 Å². The van der Waals surface area contributed by atoms with Gasteiger partial charge >= 0.3 is 0 Å². The number of aliphatic hydroxyl groups excluding tert-OH is 1. The maximum Gasteiger partial charge on any atom is 0.233 e. The molecule has 1 aliphatic heterocycles. The predicted molar refractivity (Wildman–Crippen MR) is 129 cm³/mol. The van der Waals surface area contributed by atoms with Crippen LogP contribution in [0.2, 0.25) is 0 Å². The van der Waals surface area contributed by atoms with Crippen LogP contribution in [-0.2, 0) is 9.59 Å². The van der Waals surface area contributed by atoms with E-state index in [1.165, 1.54) is 88.4 Å². The van der Waals surface area contributed by atoms with Crippen LogP contribution in [0.4, 0.5) is 0 Å². The van der Waals surface area contributed by atoms with E-state index in [-0.39, 0.29) is 43.3 Å². The number of allylic oxidation sites excluding steroid dienone is 2. The van der Waals surface area contributed by atoms with Crippen LogP contribution in [0, 0.1) is 5.92 Å². The van der Waals surface area contributed by atoms with E-state index in [1.807, 2.05) is 0 Å². The van der Waals surface area contributed by atoms with Gasteiger partial charge in [0.2, 0.25) is 11.8 Å². The van der Waals surface area contributed by atoms with Crippen molar-refractivity contribution in [1.82, 2.24) is 4.90 Å². The number of nitrogens with two attached hydrogens (primary N) is 1.